The average molecular weight is 339 g/mol. The Bertz CT molecular complexity index is 863. The summed E-state index contributed by atoms with van der Waals surface area (Å²) in [4.78, 5) is 4.54. The van der Waals surface area contributed by atoms with Crippen LogP contribution >= 0.6 is 18.5 Å². The van der Waals surface area contributed by atoms with Gasteiger partial charge in [-0.25, -0.2) is 0 Å². The molecule has 2 unspecified atom stereocenters. The second kappa shape index (κ2) is 6.31. The second-order valence-electron chi connectivity index (χ2n) is 6.14. The van der Waals surface area contributed by atoms with Crippen molar-refractivity contribution in [2.24, 2.45) is 0 Å². The topological polar surface area (TPSA) is 12.9 Å². The van der Waals surface area contributed by atoms with Crippen LogP contribution in [-0.2, 0) is 4.90 Å². The van der Waals surface area contributed by atoms with E-state index in [9.17, 15) is 0 Å². The zero-order valence-electron chi connectivity index (χ0n) is 13.9. The maximum atomic E-state index is 4.69. The third kappa shape index (κ3) is 2.61. The molecule has 23 heavy (non-hydrogen) atoms. The molecule has 0 bridgehead atoms. The second-order valence-corrected chi connectivity index (χ2v) is 8.62. The van der Waals surface area contributed by atoms with Crippen LogP contribution in [0, 0.1) is 6.92 Å². The van der Waals surface area contributed by atoms with Gasteiger partial charge in [-0.2, -0.15) is 0 Å². The van der Waals surface area contributed by atoms with Gasteiger partial charge in [-0.1, -0.05) is 56.7 Å². The van der Waals surface area contributed by atoms with Crippen molar-refractivity contribution < 1.29 is 0 Å². The summed E-state index contributed by atoms with van der Waals surface area (Å²) in [5, 5.41) is 2.54. The van der Waals surface area contributed by atoms with Crippen molar-refractivity contribution in [1.29, 1.82) is 0 Å². The highest BCUT2D eigenvalue weighted by Crippen LogP contribution is 2.55. The van der Waals surface area contributed by atoms with Crippen LogP contribution in [0.3, 0.4) is 0 Å². The number of aromatic nitrogens is 1. The zero-order chi connectivity index (χ0) is 16.6. The van der Waals surface area contributed by atoms with Crippen molar-refractivity contribution in [3.05, 3.63) is 65.4 Å². The monoisotopic (exact) mass is 339 g/mol. The quantitative estimate of drug-likeness (QED) is 0.465. The summed E-state index contributed by atoms with van der Waals surface area (Å²) < 4.78 is 0. The van der Waals surface area contributed by atoms with Crippen LogP contribution in [0.2, 0.25) is 0 Å². The highest BCUT2D eigenvalue weighted by molar-refractivity contribution is 7.39. The number of hydrogen-bond acceptors (Lipinski definition) is 1. The molecule has 0 aliphatic heterocycles. The van der Waals surface area contributed by atoms with E-state index in [1.165, 1.54) is 39.4 Å². The van der Waals surface area contributed by atoms with Crippen molar-refractivity contribution >= 4 is 29.3 Å². The smallest absolute Gasteiger partial charge is 0.0789 e. The maximum absolute atomic E-state index is 4.69. The Balaban J connectivity index is 0.000000485. The van der Waals surface area contributed by atoms with E-state index < -0.39 is 0 Å². The minimum Gasteiger partial charge on any atom is -0.256 e. The standard InChI is InChI=1S/C17H15NP2.C3H8/c1-10-4-2-6-12-14(10)16-15-11(8-9-18-16)5-3-7-13(15)17(12,19)20;1-3-2/h2-9H,19-20H2,1H3;3H2,1-2H3. The molecule has 0 spiro atoms. The Kier molecular flexibility index (Phi) is 4.54. The Morgan fingerprint density at radius 1 is 0.957 bits per heavy atom. The average Bonchev–Trinajstić information content (AvgIpc) is 2.53. The van der Waals surface area contributed by atoms with Gasteiger partial charge in [0.25, 0.3) is 0 Å². The van der Waals surface area contributed by atoms with Gasteiger partial charge in [-0.3, -0.25) is 4.98 Å². The largest absolute Gasteiger partial charge is 0.256 e. The third-order valence-electron chi connectivity index (χ3n) is 4.19. The van der Waals surface area contributed by atoms with Crippen molar-refractivity contribution in [3.63, 3.8) is 0 Å². The van der Waals surface area contributed by atoms with Gasteiger partial charge in [0, 0.05) is 22.0 Å². The van der Waals surface area contributed by atoms with E-state index in [0.717, 1.165) is 5.69 Å². The number of benzene rings is 2. The molecule has 2 aromatic carbocycles. The van der Waals surface area contributed by atoms with E-state index >= 15 is 0 Å². The maximum Gasteiger partial charge on any atom is 0.0789 e. The van der Waals surface area contributed by atoms with E-state index in [1.54, 1.807) is 0 Å². The molecule has 0 amide bonds. The number of hydrogen-bond donors (Lipinski definition) is 0. The molecule has 1 aromatic heterocycles. The van der Waals surface area contributed by atoms with E-state index in [-0.39, 0.29) is 4.90 Å². The molecule has 4 rings (SSSR count). The molecule has 3 heteroatoms. The van der Waals surface area contributed by atoms with Crippen LogP contribution in [0.5, 0.6) is 0 Å². The molecule has 0 N–H and O–H groups in total. The Hall–Kier alpha value is -1.29. The number of fused-ring (bicyclic) bond motifs is 2. The van der Waals surface area contributed by atoms with E-state index in [4.69, 9.17) is 0 Å². The molecule has 0 saturated heterocycles. The summed E-state index contributed by atoms with van der Waals surface area (Å²) in [5.74, 6) is 0. The molecular formula is C20H23NP2. The summed E-state index contributed by atoms with van der Waals surface area (Å²) in [7, 11) is 6.02. The number of aryl methyl sites for hydroxylation is 1. The molecule has 0 fully saturated rings. The Morgan fingerprint density at radius 2 is 1.61 bits per heavy atom. The first-order valence-electron chi connectivity index (χ1n) is 8.08. The van der Waals surface area contributed by atoms with Crippen LogP contribution < -0.4 is 0 Å². The Labute approximate surface area is 143 Å². The fraction of sp³-hybridized carbons (Fsp3) is 0.250. The van der Waals surface area contributed by atoms with E-state index in [1.807, 2.05) is 6.20 Å². The van der Waals surface area contributed by atoms with Gasteiger partial charge < -0.3 is 0 Å². The summed E-state index contributed by atoms with van der Waals surface area (Å²) in [6, 6.07) is 15.1. The number of rotatable bonds is 0. The fourth-order valence-electron chi connectivity index (χ4n) is 3.24. The molecule has 118 valence electrons. The first-order chi connectivity index (χ1) is 11.0. The van der Waals surface area contributed by atoms with Gasteiger partial charge in [0.05, 0.1) is 5.69 Å². The molecule has 0 radical (unpaired) electrons. The summed E-state index contributed by atoms with van der Waals surface area (Å²) >= 11 is 0. The first kappa shape index (κ1) is 16.6. The highest BCUT2D eigenvalue weighted by Gasteiger charge is 2.34. The molecule has 0 saturated carbocycles. The SMILES string of the molecule is CCC.Cc1cccc2c1-c1nccc3cccc(c13)C2(P)P. The molecule has 2 atom stereocenters. The van der Waals surface area contributed by atoms with Crippen molar-refractivity contribution in [2.75, 3.05) is 0 Å². The molecule has 1 heterocycles. The lowest BCUT2D eigenvalue weighted by atomic mass is 9.84. The molecule has 3 aromatic rings. The van der Waals surface area contributed by atoms with Gasteiger partial charge in [0.2, 0.25) is 0 Å². The number of nitrogens with zero attached hydrogens (tertiary/aromatic N) is 1. The molecule has 1 nitrogen and oxygen atoms in total. The van der Waals surface area contributed by atoms with Gasteiger partial charge in [-0.05, 0) is 35.1 Å². The summed E-state index contributed by atoms with van der Waals surface area (Å²) in [6.07, 6.45) is 3.16. The predicted molar refractivity (Wildman–Crippen MR) is 108 cm³/mol. The van der Waals surface area contributed by atoms with E-state index in [2.05, 4.69) is 86.7 Å². The van der Waals surface area contributed by atoms with Gasteiger partial charge in [-0.15, -0.1) is 18.5 Å². The zero-order valence-corrected chi connectivity index (χ0v) is 16.2. The predicted octanol–water partition coefficient (Wildman–Crippen LogP) is 5.89. The fourth-order valence-corrected chi connectivity index (χ4v) is 4.20. The normalized spacial score (nSPS) is 14.0. The van der Waals surface area contributed by atoms with Crippen molar-refractivity contribution in [1.82, 2.24) is 4.98 Å². The summed E-state index contributed by atoms with van der Waals surface area (Å²) in [6.45, 7) is 6.42. The number of pyridine rings is 1. The minimum atomic E-state index is -0.142. The highest BCUT2D eigenvalue weighted by atomic mass is 31.1. The lowest BCUT2D eigenvalue weighted by Crippen LogP contribution is -2.18. The van der Waals surface area contributed by atoms with Crippen molar-refractivity contribution in [2.45, 2.75) is 32.1 Å². The third-order valence-corrected chi connectivity index (χ3v) is 5.44. The lowest BCUT2D eigenvalue weighted by molar-refractivity contribution is 1.06. The van der Waals surface area contributed by atoms with Gasteiger partial charge in [0.1, 0.15) is 0 Å². The molecule has 1 aliphatic carbocycles. The van der Waals surface area contributed by atoms with Crippen LogP contribution in [-0.4, -0.2) is 4.98 Å². The Morgan fingerprint density at radius 3 is 2.35 bits per heavy atom. The van der Waals surface area contributed by atoms with Crippen LogP contribution in [0.25, 0.3) is 22.0 Å². The molecule has 1 aliphatic rings. The minimum absolute atomic E-state index is 0.142. The van der Waals surface area contributed by atoms with Crippen LogP contribution in [0.1, 0.15) is 37.0 Å². The van der Waals surface area contributed by atoms with Crippen LogP contribution in [0.4, 0.5) is 0 Å². The van der Waals surface area contributed by atoms with Crippen molar-refractivity contribution in [3.8, 4) is 11.3 Å². The van der Waals surface area contributed by atoms with Gasteiger partial charge >= 0.3 is 0 Å². The lowest BCUT2D eigenvalue weighted by Gasteiger charge is -2.34. The first-order valence-corrected chi connectivity index (χ1v) is 9.24. The van der Waals surface area contributed by atoms with E-state index in [0.29, 0.717) is 0 Å². The van der Waals surface area contributed by atoms with Gasteiger partial charge in [0.15, 0.2) is 0 Å². The molecular weight excluding hydrogens is 316 g/mol. The van der Waals surface area contributed by atoms with Crippen LogP contribution in [0.15, 0.2) is 48.7 Å². The summed E-state index contributed by atoms with van der Waals surface area (Å²) in [5.41, 5.74) is 6.30.